The molecule has 1 aliphatic carbocycles. The number of carbonyl (C=O) groups excluding carboxylic acids is 2. The first-order chi connectivity index (χ1) is 15.3. The fourth-order valence-electron chi connectivity index (χ4n) is 4.86. The Kier molecular flexibility index (Phi) is 7.20. The lowest BCUT2D eigenvalue weighted by molar-refractivity contribution is -0.139. The number of urea groups is 1. The van der Waals surface area contributed by atoms with Gasteiger partial charge in [-0.25, -0.2) is 4.79 Å². The third kappa shape index (κ3) is 5.16. The van der Waals surface area contributed by atoms with Gasteiger partial charge < -0.3 is 25.1 Å². The van der Waals surface area contributed by atoms with Crippen LogP contribution < -0.4 is 5.32 Å². The molecule has 3 amide bonds. The molecule has 1 saturated carbocycles. The number of piperazine rings is 1. The van der Waals surface area contributed by atoms with Gasteiger partial charge in [-0.15, -0.1) is 0 Å². The lowest BCUT2D eigenvalue weighted by atomic mass is 9.90. The van der Waals surface area contributed by atoms with Crippen LogP contribution in [0.1, 0.15) is 39.0 Å². The van der Waals surface area contributed by atoms with Crippen LogP contribution in [0.2, 0.25) is 10.0 Å². The van der Waals surface area contributed by atoms with Gasteiger partial charge in [0.05, 0.1) is 16.1 Å². The number of halogens is 2. The molecule has 0 bridgehead atoms. The van der Waals surface area contributed by atoms with E-state index in [1.165, 1.54) is 12.8 Å². The van der Waals surface area contributed by atoms with Gasteiger partial charge in [-0.05, 0) is 75.7 Å². The summed E-state index contributed by atoms with van der Waals surface area (Å²) in [6, 6.07) is 4.07. The molecule has 2 N–H and O–H groups in total. The molecule has 1 aromatic rings. The van der Waals surface area contributed by atoms with E-state index in [0.717, 1.165) is 38.9 Å². The van der Waals surface area contributed by atoms with Gasteiger partial charge in [0, 0.05) is 31.9 Å². The number of hydrogen-bond donors (Lipinski definition) is 2. The second kappa shape index (κ2) is 9.75. The van der Waals surface area contributed by atoms with E-state index in [-0.39, 0.29) is 23.5 Å². The van der Waals surface area contributed by atoms with Gasteiger partial charge in [0.2, 0.25) is 5.91 Å². The van der Waals surface area contributed by atoms with Crippen LogP contribution >= 0.6 is 23.2 Å². The monoisotopic (exact) mass is 482 g/mol. The third-order valence-corrected chi connectivity index (χ3v) is 8.03. The van der Waals surface area contributed by atoms with Crippen LogP contribution in [0.15, 0.2) is 18.2 Å². The van der Waals surface area contributed by atoms with E-state index >= 15 is 0 Å². The van der Waals surface area contributed by atoms with Crippen molar-refractivity contribution in [1.82, 2.24) is 14.7 Å². The summed E-state index contributed by atoms with van der Waals surface area (Å²) in [6.07, 6.45) is 5.21. The van der Waals surface area contributed by atoms with E-state index in [1.807, 2.05) is 4.90 Å². The molecule has 3 fully saturated rings. The Morgan fingerprint density at radius 3 is 2.56 bits per heavy atom. The molecule has 2 saturated heterocycles. The van der Waals surface area contributed by atoms with Crippen molar-refractivity contribution in [3.63, 3.8) is 0 Å². The first-order valence-corrected chi connectivity index (χ1v) is 12.3. The number of nitrogens with zero attached hydrogens (tertiary/aromatic N) is 3. The SMILES string of the molecule is C[C@H]1C(=O)N(CCCCN2CCC3(CC3)[C@H](O)C2)CCN1C(=O)Nc1ccc(Cl)c(Cl)c1. The molecule has 1 aromatic carbocycles. The Balaban J connectivity index is 1.19. The number of benzene rings is 1. The van der Waals surface area contributed by atoms with Gasteiger partial charge in [-0.3, -0.25) is 4.79 Å². The van der Waals surface area contributed by atoms with Crippen LogP contribution in [0.3, 0.4) is 0 Å². The van der Waals surface area contributed by atoms with E-state index in [2.05, 4.69) is 10.2 Å². The van der Waals surface area contributed by atoms with Gasteiger partial charge in [-0.1, -0.05) is 23.2 Å². The highest BCUT2D eigenvalue weighted by Gasteiger charge is 2.51. The largest absolute Gasteiger partial charge is 0.391 e. The molecule has 2 atom stereocenters. The van der Waals surface area contributed by atoms with Crippen molar-refractivity contribution >= 4 is 40.8 Å². The van der Waals surface area contributed by atoms with E-state index in [9.17, 15) is 14.7 Å². The van der Waals surface area contributed by atoms with Crippen LogP contribution in [0.4, 0.5) is 10.5 Å². The Bertz CT molecular complexity index is 864. The second-order valence-electron chi connectivity index (χ2n) is 9.39. The Hall–Kier alpha value is -1.54. The summed E-state index contributed by atoms with van der Waals surface area (Å²) in [7, 11) is 0. The molecule has 7 nitrogen and oxygen atoms in total. The first kappa shape index (κ1) is 23.6. The summed E-state index contributed by atoms with van der Waals surface area (Å²) >= 11 is 11.9. The normalized spacial score (nSPS) is 25.3. The Morgan fingerprint density at radius 1 is 1.12 bits per heavy atom. The number of piperidine rings is 1. The zero-order valence-corrected chi connectivity index (χ0v) is 20.0. The molecule has 0 unspecified atom stereocenters. The molecule has 2 heterocycles. The van der Waals surface area contributed by atoms with Gasteiger partial charge >= 0.3 is 6.03 Å². The van der Waals surface area contributed by atoms with E-state index in [0.29, 0.717) is 35.4 Å². The number of β-amino-alcohol motifs (C(OH)–C–C–N with tert-alkyl or cyclic N) is 1. The standard InChI is InChI=1S/C23H32Cl2N4O3/c1-16-21(31)28(10-3-2-9-27-11-8-23(6-7-23)20(30)15-27)12-13-29(16)22(32)26-17-4-5-18(24)19(25)14-17/h4-5,14,16,20,30H,2-3,6-13,15H2,1H3,(H,26,32)/t16-,20+/m0/s1. The number of rotatable bonds is 6. The zero-order valence-electron chi connectivity index (χ0n) is 18.5. The number of amides is 3. The number of unbranched alkanes of at least 4 members (excludes halogenated alkanes) is 1. The summed E-state index contributed by atoms with van der Waals surface area (Å²) in [5.41, 5.74) is 0.784. The minimum absolute atomic E-state index is 0.0235. The molecule has 4 rings (SSSR count). The van der Waals surface area contributed by atoms with Crippen LogP contribution in [0, 0.1) is 5.41 Å². The number of hydrogen-bond acceptors (Lipinski definition) is 4. The molecule has 0 radical (unpaired) electrons. The smallest absolute Gasteiger partial charge is 0.322 e. The van der Waals surface area contributed by atoms with Crippen molar-refractivity contribution in [3.05, 3.63) is 28.2 Å². The lowest BCUT2D eigenvalue weighted by Gasteiger charge is -2.39. The fourth-order valence-corrected chi connectivity index (χ4v) is 5.16. The topological polar surface area (TPSA) is 76.1 Å². The number of likely N-dealkylation sites (tertiary alicyclic amines) is 1. The average Bonchev–Trinajstić information content (AvgIpc) is 3.54. The molecule has 32 heavy (non-hydrogen) atoms. The minimum Gasteiger partial charge on any atom is -0.391 e. The van der Waals surface area contributed by atoms with Crippen LogP contribution in [0.5, 0.6) is 0 Å². The maximum absolute atomic E-state index is 12.8. The fraction of sp³-hybridized carbons (Fsp3) is 0.652. The zero-order chi connectivity index (χ0) is 22.9. The van der Waals surface area contributed by atoms with E-state index < -0.39 is 6.04 Å². The Morgan fingerprint density at radius 2 is 1.88 bits per heavy atom. The van der Waals surface area contributed by atoms with E-state index in [4.69, 9.17) is 23.2 Å². The van der Waals surface area contributed by atoms with E-state index in [1.54, 1.807) is 30.0 Å². The number of aliphatic hydroxyl groups excluding tert-OH is 1. The first-order valence-electron chi connectivity index (χ1n) is 11.5. The maximum Gasteiger partial charge on any atom is 0.322 e. The highest BCUT2D eigenvalue weighted by atomic mass is 35.5. The summed E-state index contributed by atoms with van der Waals surface area (Å²) in [5.74, 6) is -0.0235. The van der Waals surface area contributed by atoms with Crippen molar-refractivity contribution < 1.29 is 14.7 Å². The van der Waals surface area contributed by atoms with Crippen molar-refractivity contribution in [1.29, 1.82) is 0 Å². The molecule has 3 aliphatic rings. The van der Waals surface area contributed by atoms with Crippen molar-refractivity contribution in [2.45, 2.75) is 51.2 Å². The Labute approximate surface area is 199 Å². The van der Waals surface area contributed by atoms with Gasteiger partial charge in [-0.2, -0.15) is 0 Å². The van der Waals surface area contributed by atoms with Crippen molar-refractivity contribution in [3.8, 4) is 0 Å². The molecule has 9 heteroatoms. The number of aliphatic hydroxyl groups is 1. The minimum atomic E-state index is -0.515. The molecular formula is C23H32Cl2N4O3. The highest BCUT2D eigenvalue weighted by molar-refractivity contribution is 6.42. The molecule has 2 aliphatic heterocycles. The summed E-state index contributed by atoms with van der Waals surface area (Å²) in [4.78, 5) is 31.3. The van der Waals surface area contributed by atoms with Crippen molar-refractivity contribution in [2.24, 2.45) is 5.41 Å². The second-order valence-corrected chi connectivity index (χ2v) is 10.2. The van der Waals surface area contributed by atoms with Gasteiger partial charge in [0.25, 0.3) is 0 Å². The highest BCUT2D eigenvalue weighted by Crippen LogP contribution is 2.53. The molecular weight excluding hydrogens is 451 g/mol. The summed E-state index contributed by atoms with van der Waals surface area (Å²) < 4.78 is 0. The van der Waals surface area contributed by atoms with Crippen LogP contribution in [0.25, 0.3) is 0 Å². The average molecular weight is 483 g/mol. The van der Waals surface area contributed by atoms with Gasteiger partial charge in [0.15, 0.2) is 0 Å². The predicted molar refractivity (Wildman–Crippen MR) is 126 cm³/mol. The quantitative estimate of drug-likeness (QED) is 0.606. The molecule has 176 valence electrons. The van der Waals surface area contributed by atoms with Crippen molar-refractivity contribution in [2.75, 3.05) is 44.6 Å². The predicted octanol–water partition coefficient (Wildman–Crippen LogP) is 3.69. The third-order valence-electron chi connectivity index (χ3n) is 7.29. The lowest BCUT2D eigenvalue weighted by Crippen LogP contribution is -2.58. The summed E-state index contributed by atoms with van der Waals surface area (Å²) in [5, 5.41) is 13.9. The number of nitrogens with one attached hydrogen (secondary N) is 1. The number of anilines is 1. The van der Waals surface area contributed by atoms with Gasteiger partial charge in [0.1, 0.15) is 6.04 Å². The van der Waals surface area contributed by atoms with Crippen LogP contribution in [-0.4, -0.2) is 83.2 Å². The molecule has 1 spiro atoms. The number of carbonyl (C=O) groups is 2. The van der Waals surface area contributed by atoms with Crippen LogP contribution in [-0.2, 0) is 4.79 Å². The maximum atomic E-state index is 12.8. The summed E-state index contributed by atoms with van der Waals surface area (Å²) in [6.45, 7) is 6.30. The molecule has 0 aromatic heterocycles.